The number of oxazole rings is 1. The van der Waals surface area contributed by atoms with Crippen LogP contribution < -0.4 is 4.74 Å². The third kappa shape index (κ3) is 2.23. The van der Waals surface area contributed by atoms with Crippen LogP contribution >= 0.6 is 0 Å². The maximum atomic E-state index is 6.01. The molecular weight excluding hydrogens is 266 g/mol. The number of methoxy groups -OCH3 is 1. The van der Waals surface area contributed by atoms with E-state index in [-0.39, 0.29) is 0 Å². The molecule has 1 spiro atoms. The van der Waals surface area contributed by atoms with E-state index in [0.717, 1.165) is 43.1 Å². The molecule has 1 saturated carbocycles. The molecule has 1 aromatic carbocycles. The number of ether oxygens (including phenoxy) is 2. The van der Waals surface area contributed by atoms with Gasteiger partial charge < -0.3 is 13.9 Å². The molecule has 1 unspecified atom stereocenters. The molecule has 4 heteroatoms. The van der Waals surface area contributed by atoms with Gasteiger partial charge in [-0.1, -0.05) is 6.07 Å². The van der Waals surface area contributed by atoms with Crippen molar-refractivity contribution in [1.29, 1.82) is 0 Å². The maximum absolute atomic E-state index is 6.01. The van der Waals surface area contributed by atoms with E-state index in [2.05, 4.69) is 4.98 Å². The fourth-order valence-electron chi connectivity index (χ4n) is 3.42. The van der Waals surface area contributed by atoms with Gasteiger partial charge in [-0.25, -0.2) is 4.98 Å². The summed E-state index contributed by atoms with van der Waals surface area (Å²) in [5.41, 5.74) is 1.38. The van der Waals surface area contributed by atoms with Gasteiger partial charge in [0.1, 0.15) is 11.5 Å². The molecule has 0 amide bonds. The summed E-state index contributed by atoms with van der Waals surface area (Å²) in [6.45, 7) is 1.76. The van der Waals surface area contributed by atoms with Crippen molar-refractivity contribution in [3.63, 3.8) is 0 Å². The molecule has 0 bridgehead atoms. The molecule has 21 heavy (non-hydrogen) atoms. The molecule has 0 radical (unpaired) electrons. The summed E-state index contributed by atoms with van der Waals surface area (Å²) in [7, 11) is 1.67. The zero-order valence-electron chi connectivity index (χ0n) is 12.2. The largest absolute Gasteiger partial charge is 0.497 e. The van der Waals surface area contributed by atoms with E-state index in [1.807, 2.05) is 30.5 Å². The first-order valence-electron chi connectivity index (χ1n) is 7.49. The first kappa shape index (κ1) is 12.9. The lowest BCUT2D eigenvalue weighted by Crippen LogP contribution is -2.17. The molecule has 4 nitrogen and oxygen atoms in total. The Hall–Kier alpha value is -1.81. The van der Waals surface area contributed by atoms with Crippen molar-refractivity contribution in [2.24, 2.45) is 5.41 Å². The summed E-state index contributed by atoms with van der Waals surface area (Å²) in [4.78, 5) is 4.45. The van der Waals surface area contributed by atoms with Crippen LogP contribution in [-0.2, 0) is 4.74 Å². The molecule has 2 aliphatic rings. The Morgan fingerprint density at radius 3 is 2.95 bits per heavy atom. The summed E-state index contributed by atoms with van der Waals surface area (Å²) in [5.74, 6) is 3.04. The van der Waals surface area contributed by atoms with Crippen molar-refractivity contribution in [1.82, 2.24) is 4.98 Å². The van der Waals surface area contributed by atoms with Crippen molar-refractivity contribution in [3.8, 4) is 17.2 Å². The van der Waals surface area contributed by atoms with Gasteiger partial charge in [-0.15, -0.1) is 0 Å². The van der Waals surface area contributed by atoms with Crippen LogP contribution in [0, 0.1) is 5.41 Å². The minimum atomic E-state index is 0.420. The SMILES string of the molecule is COc1cccc(-c2ncc(C3CC34CCOCC4)o2)c1. The van der Waals surface area contributed by atoms with E-state index in [9.17, 15) is 0 Å². The van der Waals surface area contributed by atoms with E-state index in [4.69, 9.17) is 13.9 Å². The fourth-order valence-corrected chi connectivity index (χ4v) is 3.42. The second-order valence-corrected chi connectivity index (χ2v) is 6.03. The minimum absolute atomic E-state index is 0.420. The number of hydrogen-bond donors (Lipinski definition) is 0. The predicted molar refractivity (Wildman–Crippen MR) is 78.3 cm³/mol. The highest BCUT2D eigenvalue weighted by molar-refractivity contribution is 5.56. The van der Waals surface area contributed by atoms with Gasteiger partial charge in [0.25, 0.3) is 0 Å². The highest BCUT2D eigenvalue weighted by Crippen LogP contribution is 2.64. The molecule has 2 fully saturated rings. The Bertz CT molecular complexity index is 643. The third-order valence-corrected chi connectivity index (χ3v) is 4.86. The Labute approximate surface area is 124 Å². The van der Waals surface area contributed by atoms with Gasteiger partial charge in [0.2, 0.25) is 5.89 Å². The summed E-state index contributed by atoms with van der Waals surface area (Å²) >= 11 is 0. The van der Waals surface area contributed by atoms with Gasteiger partial charge in [0.15, 0.2) is 0 Å². The summed E-state index contributed by atoms with van der Waals surface area (Å²) in [6, 6.07) is 7.82. The lowest BCUT2D eigenvalue weighted by molar-refractivity contribution is 0.0549. The molecule has 1 saturated heterocycles. The van der Waals surface area contributed by atoms with Crippen LogP contribution in [-0.4, -0.2) is 25.3 Å². The smallest absolute Gasteiger partial charge is 0.226 e. The molecule has 2 heterocycles. The van der Waals surface area contributed by atoms with Crippen LogP contribution in [0.4, 0.5) is 0 Å². The quantitative estimate of drug-likeness (QED) is 0.863. The first-order valence-corrected chi connectivity index (χ1v) is 7.49. The number of rotatable bonds is 3. The van der Waals surface area contributed by atoms with Crippen molar-refractivity contribution >= 4 is 0 Å². The molecule has 4 rings (SSSR count). The summed E-state index contributed by atoms with van der Waals surface area (Å²) in [6.07, 6.45) is 5.40. The van der Waals surface area contributed by atoms with Crippen LogP contribution in [0.3, 0.4) is 0 Å². The lowest BCUT2D eigenvalue weighted by Gasteiger charge is -2.22. The van der Waals surface area contributed by atoms with Crippen molar-refractivity contribution in [3.05, 3.63) is 36.2 Å². The van der Waals surface area contributed by atoms with Gasteiger partial charge in [-0.3, -0.25) is 0 Å². The van der Waals surface area contributed by atoms with Crippen molar-refractivity contribution in [2.45, 2.75) is 25.2 Å². The van der Waals surface area contributed by atoms with E-state index in [0.29, 0.717) is 17.2 Å². The topological polar surface area (TPSA) is 44.5 Å². The van der Waals surface area contributed by atoms with Crippen LogP contribution in [0.15, 0.2) is 34.9 Å². The van der Waals surface area contributed by atoms with Crippen molar-refractivity contribution in [2.75, 3.05) is 20.3 Å². The van der Waals surface area contributed by atoms with Gasteiger partial charge in [-0.2, -0.15) is 0 Å². The third-order valence-electron chi connectivity index (χ3n) is 4.86. The zero-order chi connectivity index (χ0) is 14.3. The standard InChI is InChI=1S/C17H19NO3/c1-19-13-4-2-3-12(9-13)16-18-11-15(21-16)14-10-17(14)5-7-20-8-6-17/h2-4,9,11,14H,5-8,10H2,1H3. The van der Waals surface area contributed by atoms with E-state index < -0.39 is 0 Å². The molecule has 1 aliphatic carbocycles. The molecule has 1 atom stereocenters. The number of benzene rings is 1. The second-order valence-electron chi connectivity index (χ2n) is 6.03. The average molecular weight is 285 g/mol. The van der Waals surface area contributed by atoms with E-state index in [1.54, 1.807) is 7.11 Å². The van der Waals surface area contributed by atoms with Crippen LogP contribution in [0.5, 0.6) is 5.75 Å². The fraction of sp³-hybridized carbons (Fsp3) is 0.471. The van der Waals surface area contributed by atoms with Crippen molar-refractivity contribution < 1.29 is 13.9 Å². The minimum Gasteiger partial charge on any atom is -0.497 e. The first-order chi connectivity index (χ1) is 10.3. The van der Waals surface area contributed by atoms with Crippen LogP contribution in [0.2, 0.25) is 0 Å². The summed E-state index contributed by atoms with van der Waals surface area (Å²) in [5, 5.41) is 0. The molecule has 1 aromatic heterocycles. The van der Waals surface area contributed by atoms with E-state index in [1.165, 1.54) is 6.42 Å². The average Bonchev–Trinajstić information content (AvgIpc) is 3.01. The van der Waals surface area contributed by atoms with Gasteiger partial charge >= 0.3 is 0 Å². The monoisotopic (exact) mass is 285 g/mol. The van der Waals surface area contributed by atoms with Crippen LogP contribution in [0.1, 0.15) is 30.9 Å². The number of hydrogen-bond acceptors (Lipinski definition) is 4. The second kappa shape index (κ2) is 4.88. The van der Waals surface area contributed by atoms with E-state index >= 15 is 0 Å². The highest BCUT2D eigenvalue weighted by Gasteiger charge is 2.56. The van der Waals surface area contributed by atoms with Gasteiger partial charge in [0, 0.05) is 24.7 Å². The van der Waals surface area contributed by atoms with Gasteiger partial charge in [-0.05, 0) is 42.9 Å². The number of aromatic nitrogens is 1. The molecule has 2 aromatic rings. The lowest BCUT2D eigenvalue weighted by atomic mass is 9.93. The number of nitrogens with zero attached hydrogens (tertiary/aromatic N) is 1. The Morgan fingerprint density at radius 2 is 2.14 bits per heavy atom. The highest BCUT2D eigenvalue weighted by atomic mass is 16.5. The zero-order valence-corrected chi connectivity index (χ0v) is 12.2. The Balaban J connectivity index is 1.56. The predicted octanol–water partition coefficient (Wildman–Crippen LogP) is 3.63. The normalized spacial score (nSPS) is 23.2. The van der Waals surface area contributed by atoms with Gasteiger partial charge in [0.05, 0.1) is 13.3 Å². The summed E-state index contributed by atoms with van der Waals surface area (Å²) < 4.78 is 16.7. The molecular formula is C17H19NO3. The molecule has 110 valence electrons. The van der Waals surface area contributed by atoms with Crippen LogP contribution in [0.25, 0.3) is 11.5 Å². The maximum Gasteiger partial charge on any atom is 0.226 e. The molecule has 0 N–H and O–H groups in total. The molecule has 1 aliphatic heterocycles. The Kier molecular flexibility index (Phi) is 3.00. The Morgan fingerprint density at radius 1 is 1.29 bits per heavy atom.